The third-order valence-corrected chi connectivity index (χ3v) is 6.00. The molecule has 1 saturated heterocycles. The molecule has 0 atom stereocenters. The van der Waals surface area contributed by atoms with Crippen LogP contribution in [0.3, 0.4) is 0 Å². The minimum absolute atomic E-state index is 0.114. The van der Waals surface area contributed by atoms with Gasteiger partial charge < -0.3 is 23.5 Å². The van der Waals surface area contributed by atoms with Gasteiger partial charge >= 0.3 is 5.97 Å². The number of methoxy groups -OCH3 is 2. The van der Waals surface area contributed by atoms with E-state index in [1.807, 2.05) is 45.9 Å². The lowest BCUT2D eigenvalue weighted by molar-refractivity contribution is 0.0573. The molecule has 1 aliphatic heterocycles. The van der Waals surface area contributed by atoms with E-state index in [0.717, 1.165) is 18.5 Å². The van der Waals surface area contributed by atoms with Crippen molar-refractivity contribution in [3.63, 3.8) is 0 Å². The normalized spacial score (nSPS) is 14.5. The van der Waals surface area contributed by atoms with Gasteiger partial charge in [-0.2, -0.15) is 0 Å². The molecule has 1 fully saturated rings. The molecule has 2 aromatic heterocycles. The Morgan fingerprint density at radius 2 is 1.74 bits per heavy atom. The lowest BCUT2D eigenvalue weighted by atomic mass is 10.0. The first kappa shape index (κ1) is 21.1. The number of amides is 1. The summed E-state index contributed by atoms with van der Waals surface area (Å²) >= 11 is 6.49. The van der Waals surface area contributed by atoms with E-state index in [9.17, 15) is 9.59 Å². The van der Waals surface area contributed by atoms with Crippen LogP contribution in [0.15, 0.2) is 55.0 Å². The smallest absolute Gasteiger partial charge is 0.354 e. The molecule has 0 spiro atoms. The average Bonchev–Trinajstić information content (AvgIpc) is 3.50. The molecule has 7 nitrogen and oxygen atoms in total. The van der Waals surface area contributed by atoms with Gasteiger partial charge in [0, 0.05) is 43.8 Å². The molecule has 3 aromatic rings. The molecule has 1 amide bonds. The Morgan fingerprint density at radius 3 is 2.39 bits per heavy atom. The van der Waals surface area contributed by atoms with Crippen LogP contribution in [0.2, 0.25) is 5.02 Å². The summed E-state index contributed by atoms with van der Waals surface area (Å²) in [6, 6.07) is 11.0. The number of carbonyl (C=O) groups excluding carboxylic acids is 2. The lowest BCUT2D eigenvalue weighted by Gasteiger charge is -2.33. The van der Waals surface area contributed by atoms with E-state index in [1.165, 1.54) is 7.11 Å². The Morgan fingerprint density at radius 1 is 1.03 bits per heavy atom. The van der Waals surface area contributed by atoms with Crippen LogP contribution in [0.4, 0.5) is 0 Å². The highest BCUT2D eigenvalue weighted by atomic mass is 35.5. The van der Waals surface area contributed by atoms with Crippen molar-refractivity contribution >= 4 is 23.5 Å². The molecule has 0 saturated carbocycles. The number of piperidine rings is 1. The summed E-state index contributed by atoms with van der Waals surface area (Å²) in [5.41, 5.74) is 1.72. The van der Waals surface area contributed by atoms with Gasteiger partial charge in [0.1, 0.15) is 11.4 Å². The number of hydrogen-bond donors (Lipinski definition) is 0. The number of rotatable bonds is 5. The number of carbonyl (C=O) groups is 2. The van der Waals surface area contributed by atoms with E-state index in [1.54, 1.807) is 30.2 Å². The highest BCUT2D eigenvalue weighted by molar-refractivity contribution is 6.33. The van der Waals surface area contributed by atoms with E-state index < -0.39 is 0 Å². The molecule has 0 radical (unpaired) electrons. The molecule has 4 rings (SSSR count). The first-order valence-electron chi connectivity index (χ1n) is 10.1. The number of nitrogens with zero attached hydrogens (tertiary/aromatic N) is 3. The second-order valence-electron chi connectivity index (χ2n) is 7.41. The van der Waals surface area contributed by atoms with Gasteiger partial charge in [0.25, 0.3) is 5.91 Å². The van der Waals surface area contributed by atoms with E-state index >= 15 is 0 Å². The second kappa shape index (κ2) is 8.89. The van der Waals surface area contributed by atoms with Crippen LogP contribution in [-0.4, -0.2) is 53.2 Å². The van der Waals surface area contributed by atoms with Crippen molar-refractivity contribution < 1.29 is 19.1 Å². The third-order valence-electron chi connectivity index (χ3n) is 5.70. The van der Waals surface area contributed by atoms with Crippen LogP contribution in [-0.2, 0) is 4.74 Å². The maximum atomic E-state index is 13.2. The van der Waals surface area contributed by atoms with Crippen molar-refractivity contribution in [2.45, 2.75) is 18.9 Å². The van der Waals surface area contributed by atoms with Gasteiger partial charge in [-0.1, -0.05) is 11.6 Å². The Balaban J connectivity index is 1.51. The summed E-state index contributed by atoms with van der Waals surface area (Å²) in [6.07, 6.45) is 7.13. The van der Waals surface area contributed by atoms with Gasteiger partial charge in [-0.15, -0.1) is 0 Å². The van der Waals surface area contributed by atoms with Crippen molar-refractivity contribution in [3.05, 3.63) is 71.3 Å². The summed E-state index contributed by atoms with van der Waals surface area (Å²) in [5, 5.41) is 0.477. The molecule has 0 bridgehead atoms. The van der Waals surface area contributed by atoms with Gasteiger partial charge in [-0.3, -0.25) is 4.79 Å². The number of benzene rings is 1. The molecular weight excluding hydrogens is 418 g/mol. The van der Waals surface area contributed by atoms with E-state index in [4.69, 9.17) is 21.1 Å². The van der Waals surface area contributed by atoms with Crippen molar-refractivity contribution in [1.29, 1.82) is 0 Å². The number of likely N-dealkylation sites (tertiary alicyclic amines) is 1. The summed E-state index contributed by atoms with van der Waals surface area (Å²) < 4.78 is 14.2. The van der Waals surface area contributed by atoms with Gasteiger partial charge in [-0.05, 0) is 43.2 Å². The van der Waals surface area contributed by atoms with Gasteiger partial charge in [0.15, 0.2) is 0 Å². The standard InChI is InChI=1S/C23H24ClN3O4/c1-30-21-15-20(25-9-3-4-10-25)18(24)14-17(21)22(28)26-12-7-16(8-13-26)27-11-5-6-19(27)23(29)31-2/h3-6,9-11,14-16H,7-8,12-13H2,1-2H3. The topological polar surface area (TPSA) is 65.7 Å². The fourth-order valence-electron chi connectivity index (χ4n) is 4.08. The Hall–Kier alpha value is -3.19. The van der Waals surface area contributed by atoms with Crippen LogP contribution in [0.25, 0.3) is 5.69 Å². The van der Waals surface area contributed by atoms with Gasteiger partial charge in [0.05, 0.1) is 30.5 Å². The molecule has 0 aliphatic carbocycles. The number of aromatic nitrogens is 2. The number of esters is 1. The zero-order chi connectivity index (χ0) is 22.0. The van der Waals surface area contributed by atoms with Gasteiger partial charge in [-0.25, -0.2) is 4.79 Å². The van der Waals surface area contributed by atoms with Crippen molar-refractivity contribution in [1.82, 2.24) is 14.0 Å². The molecule has 1 aromatic carbocycles. The monoisotopic (exact) mass is 441 g/mol. The maximum absolute atomic E-state index is 13.2. The quantitative estimate of drug-likeness (QED) is 0.556. The van der Waals surface area contributed by atoms with E-state index in [0.29, 0.717) is 35.1 Å². The van der Waals surface area contributed by atoms with Crippen LogP contribution in [0, 0.1) is 0 Å². The number of halogens is 1. The largest absolute Gasteiger partial charge is 0.496 e. The Labute approximate surface area is 185 Å². The van der Waals surface area contributed by atoms with Crippen molar-refractivity contribution in [2.24, 2.45) is 0 Å². The lowest BCUT2D eigenvalue weighted by Crippen LogP contribution is -2.39. The molecule has 0 N–H and O–H groups in total. The predicted molar refractivity (Wildman–Crippen MR) is 117 cm³/mol. The molecule has 0 unspecified atom stereocenters. The van der Waals surface area contributed by atoms with Crippen LogP contribution < -0.4 is 4.74 Å². The number of hydrogen-bond acceptors (Lipinski definition) is 4. The van der Waals surface area contributed by atoms with E-state index in [-0.39, 0.29) is 17.9 Å². The van der Waals surface area contributed by atoms with E-state index in [2.05, 4.69) is 0 Å². The highest BCUT2D eigenvalue weighted by Crippen LogP contribution is 2.32. The second-order valence-corrected chi connectivity index (χ2v) is 7.82. The zero-order valence-electron chi connectivity index (χ0n) is 17.5. The SMILES string of the molecule is COC(=O)c1cccn1C1CCN(C(=O)c2cc(Cl)c(-n3cccc3)cc2OC)CC1. The van der Waals surface area contributed by atoms with Crippen molar-refractivity contribution in [2.75, 3.05) is 27.3 Å². The van der Waals surface area contributed by atoms with Crippen LogP contribution >= 0.6 is 11.6 Å². The summed E-state index contributed by atoms with van der Waals surface area (Å²) in [7, 11) is 2.92. The first-order chi connectivity index (χ1) is 15.0. The molecule has 3 heterocycles. The fourth-order valence-corrected chi connectivity index (χ4v) is 4.34. The third kappa shape index (κ3) is 4.05. The molecule has 162 valence electrons. The molecule has 31 heavy (non-hydrogen) atoms. The predicted octanol–water partition coefficient (Wildman–Crippen LogP) is 4.20. The minimum Gasteiger partial charge on any atom is -0.496 e. The Kier molecular flexibility index (Phi) is 6.04. The first-order valence-corrected chi connectivity index (χ1v) is 10.5. The maximum Gasteiger partial charge on any atom is 0.354 e. The summed E-state index contributed by atoms with van der Waals surface area (Å²) in [6.45, 7) is 1.14. The molecule has 1 aliphatic rings. The molecular formula is C23H24ClN3O4. The average molecular weight is 442 g/mol. The zero-order valence-corrected chi connectivity index (χ0v) is 18.2. The van der Waals surface area contributed by atoms with Crippen LogP contribution in [0.5, 0.6) is 5.75 Å². The van der Waals surface area contributed by atoms with Gasteiger partial charge in [0.2, 0.25) is 0 Å². The van der Waals surface area contributed by atoms with Crippen molar-refractivity contribution in [3.8, 4) is 11.4 Å². The Bertz CT molecular complexity index is 1080. The molecule has 8 heteroatoms. The van der Waals surface area contributed by atoms with Crippen LogP contribution in [0.1, 0.15) is 39.7 Å². The number of ether oxygens (including phenoxy) is 2. The fraction of sp³-hybridized carbons (Fsp3) is 0.304. The summed E-state index contributed by atoms with van der Waals surface area (Å²) in [5.74, 6) is 0.0150. The highest BCUT2D eigenvalue weighted by Gasteiger charge is 2.28. The minimum atomic E-state index is -0.356. The summed E-state index contributed by atoms with van der Waals surface area (Å²) in [4.78, 5) is 27.0.